The Bertz CT molecular complexity index is 862. The molecule has 3 nitrogen and oxygen atoms in total. The Morgan fingerprint density at radius 1 is 1.08 bits per heavy atom. The van der Waals surface area contributed by atoms with E-state index >= 15 is 0 Å². The van der Waals surface area contributed by atoms with Gasteiger partial charge in [0.05, 0.1) is 0 Å². The minimum Gasteiger partial charge on any atom is -0.272 e. The largest absolute Gasteiger partial charge is 0.272 e. The summed E-state index contributed by atoms with van der Waals surface area (Å²) in [6.45, 7) is 3.96. The van der Waals surface area contributed by atoms with Gasteiger partial charge >= 0.3 is 0 Å². The molecule has 2 aromatic carbocycles. The maximum Gasteiger partial charge on any atom is 0.260 e. The molecule has 128 valence electrons. The van der Waals surface area contributed by atoms with Crippen molar-refractivity contribution in [1.29, 1.82) is 0 Å². The molecule has 1 atom stereocenters. The van der Waals surface area contributed by atoms with E-state index in [1.807, 2.05) is 50.2 Å². The number of hydrogen-bond donors (Lipinski definition) is 0. The van der Waals surface area contributed by atoms with Crippen molar-refractivity contribution in [1.82, 2.24) is 4.90 Å². The Kier molecular flexibility index (Phi) is 5.23. The molecule has 1 amide bonds. The smallest absolute Gasteiger partial charge is 0.260 e. The highest BCUT2D eigenvalue weighted by atomic mass is 79.9. The summed E-state index contributed by atoms with van der Waals surface area (Å²) in [5, 5.41) is 0. The molecule has 0 bridgehead atoms. The van der Waals surface area contributed by atoms with Crippen molar-refractivity contribution in [2.75, 3.05) is 0 Å². The predicted octanol–water partition coefficient (Wildman–Crippen LogP) is 5.61. The molecular weight excluding hydrogens is 464 g/mol. The Hall–Kier alpha value is -1.37. The van der Waals surface area contributed by atoms with Gasteiger partial charge in [0.1, 0.15) is 16.4 Å². The molecule has 0 N–H and O–H groups in total. The fourth-order valence-corrected chi connectivity index (χ4v) is 3.70. The molecule has 0 spiro atoms. The van der Waals surface area contributed by atoms with E-state index in [-0.39, 0.29) is 5.91 Å². The number of rotatable bonds is 3. The van der Waals surface area contributed by atoms with Gasteiger partial charge in [0.25, 0.3) is 5.91 Å². The molecule has 1 heterocycles. The predicted molar refractivity (Wildman–Crippen MR) is 112 cm³/mol. The Morgan fingerprint density at radius 3 is 2.12 bits per heavy atom. The van der Waals surface area contributed by atoms with Crippen LogP contribution in [-0.4, -0.2) is 27.2 Å². The summed E-state index contributed by atoms with van der Waals surface area (Å²) in [6, 6.07) is 15.1. The van der Waals surface area contributed by atoms with E-state index in [9.17, 15) is 4.79 Å². The monoisotopic (exact) mass is 478 g/mol. The number of carbonyl (C=O) groups is 1. The van der Waals surface area contributed by atoms with Crippen molar-refractivity contribution in [3.8, 4) is 0 Å². The van der Waals surface area contributed by atoms with Crippen LogP contribution in [-0.2, 0) is 0 Å². The zero-order valence-electron chi connectivity index (χ0n) is 13.8. The SMILES string of the molecule is CC[C@]1(C)N=C(c2ccc(Br)cc2)C(=S)N1C(=O)c1ccc(Br)cc1. The van der Waals surface area contributed by atoms with Crippen LogP contribution in [0.1, 0.15) is 36.2 Å². The molecule has 0 saturated carbocycles. The molecule has 3 rings (SSSR count). The second-order valence-electron chi connectivity index (χ2n) is 5.99. The molecule has 0 fully saturated rings. The first-order valence-corrected chi connectivity index (χ1v) is 9.85. The van der Waals surface area contributed by atoms with Crippen molar-refractivity contribution >= 4 is 60.7 Å². The van der Waals surface area contributed by atoms with Gasteiger partial charge in [0, 0.05) is 20.1 Å². The molecule has 0 aromatic heterocycles. The first kappa shape index (κ1) is 18.4. The molecule has 0 unspecified atom stereocenters. The summed E-state index contributed by atoms with van der Waals surface area (Å²) < 4.78 is 1.92. The Balaban J connectivity index is 2.00. The van der Waals surface area contributed by atoms with E-state index in [1.165, 1.54) is 0 Å². The number of hydrogen-bond acceptors (Lipinski definition) is 3. The molecule has 1 aliphatic heterocycles. The number of aliphatic imine (C=N–C) groups is 1. The second-order valence-corrected chi connectivity index (χ2v) is 8.21. The number of thiocarbonyl (C=S) groups is 1. The van der Waals surface area contributed by atoms with E-state index in [4.69, 9.17) is 17.2 Å². The van der Waals surface area contributed by atoms with Crippen molar-refractivity contribution in [3.63, 3.8) is 0 Å². The third-order valence-corrected chi connectivity index (χ3v) is 5.76. The lowest BCUT2D eigenvalue weighted by Crippen LogP contribution is -2.47. The van der Waals surface area contributed by atoms with Crippen LogP contribution < -0.4 is 0 Å². The lowest BCUT2D eigenvalue weighted by atomic mass is 10.1. The molecule has 0 radical (unpaired) electrons. The number of amides is 1. The van der Waals surface area contributed by atoms with Gasteiger partial charge in [-0.1, -0.05) is 63.1 Å². The minimum atomic E-state index is -0.677. The van der Waals surface area contributed by atoms with Gasteiger partial charge in [-0.05, 0) is 49.7 Å². The fourth-order valence-electron chi connectivity index (χ4n) is 2.73. The van der Waals surface area contributed by atoms with Crippen molar-refractivity contribution < 1.29 is 4.79 Å². The highest BCUT2D eigenvalue weighted by Crippen LogP contribution is 2.32. The van der Waals surface area contributed by atoms with Crippen molar-refractivity contribution in [3.05, 3.63) is 68.6 Å². The summed E-state index contributed by atoms with van der Waals surface area (Å²) in [5.41, 5.74) is 1.53. The normalized spacial score (nSPS) is 19.9. The highest BCUT2D eigenvalue weighted by Gasteiger charge is 2.44. The summed E-state index contributed by atoms with van der Waals surface area (Å²) in [4.78, 5) is 20.1. The Morgan fingerprint density at radius 2 is 1.60 bits per heavy atom. The van der Waals surface area contributed by atoms with Crippen LogP contribution in [0.3, 0.4) is 0 Å². The van der Waals surface area contributed by atoms with E-state index in [0.29, 0.717) is 22.7 Å². The van der Waals surface area contributed by atoms with Gasteiger partial charge in [-0.3, -0.25) is 14.7 Å². The maximum atomic E-state index is 13.1. The van der Waals surface area contributed by atoms with Crippen LogP contribution in [0.5, 0.6) is 0 Å². The zero-order valence-corrected chi connectivity index (χ0v) is 17.8. The molecule has 0 aliphatic carbocycles. The zero-order chi connectivity index (χ0) is 18.2. The number of halogens is 2. The molecule has 6 heteroatoms. The van der Waals surface area contributed by atoms with Crippen molar-refractivity contribution in [2.24, 2.45) is 4.99 Å². The number of benzene rings is 2. The summed E-state index contributed by atoms with van der Waals surface area (Å²) in [5.74, 6) is -0.127. The van der Waals surface area contributed by atoms with Crippen LogP contribution in [0, 0.1) is 0 Å². The van der Waals surface area contributed by atoms with Gasteiger partial charge in [-0.15, -0.1) is 0 Å². The average molecular weight is 480 g/mol. The fraction of sp³-hybridized carbons (Fsp3) is 0.211. The van der Waals surface area contributed by atoms with Gasteiger partial charge in [0.15, 0.2) is 0 Å². The molecule has 25 heavy (non-hydrogen) atoms. The first-order valence-electron chi connectivity index (χ1n) is 7.86. The molecular formula is C19H16Br2N2OS. The van der Waals surface area contributed by atoms with Crippen LogP contribution in [0.25, 0.3) is 0 Å². The summed E-state index contributed by atoms with van der Waals surface area (Å²) in [6.07, 6.45) is 0.676. The molecule has 2 aromatic rings. The topological polar surface area (TPSA) is 32.7 Å². The molecule has 1 aliphatic rings. The third-order valence-electron chi connectivity index (χ3n) is 4.32. The quantitative estimate of drug-likeness (QED) is 0.536. The van der Waals surface area contributed by atoms with E-state index in [2.05, 4.69) is 31.9 Å². The lowest BCUT2D eigenvalue weighted by molar-refractivity contribution is 0.0734. The third kappa shape index (κ3) is 3.48. The number of carbonyl (C=O) groups excluding carboxylic acids is 1. The van der Waals surface area contributed by atoms with Gasteiger partial charge in [0.2, 0.25) is 0 Å². The van der Waals surface area contributed by atoms with Crippen LogP contribution >= 0.6 is 44.1 Å². The van der Waals surface area contributed by atoms with Crippen LogP contribution in [0.2, 0.25) is 0 Å². The first-order chi connectivity index (χ1) is 11.9. The van der Waals surface area contributed by atoms with Gasteiger partial charge < -0.3 is 0 Å². The molecule has 0 saturated heterocycles. The van der Waals surface area contributed by atoms with Gasteiger partial charge in [-0.25, -0.2) is 0 Å². The van der Waals surface area contributed by atoms with E-state index < -0.39 is 5.66 Å². The van der Waals surface area contributed by atoms with Crippen LogP contribution in [0.15, 0.2) is 62.5 Å². The minimum absolute atomic E-state index is 0.127. The summed E-state index contributed by atoms with van der Waals surface area (Å²) >= 11 is 12.5. The highest BCUT2D eigenvalue weighted by molar-refractivity contribution is 9.10. The number of nitrogens with zero attached hydrogens (tertiary/aromatic N) is 2. The van der Waals surface area contributed by atoms with E-state index in [0.717, 1.165) is 14.5 Å². The average Bonchev–Trinajstić information content (AvgIpc) is 2.87. The second kappa shape index (κ2) is 7.09. The van der Waals surface area contributed by atoms with Crippen molar-refractivity contribution in [2.45, 2.75) is 25.9 Å². The standard InChI is InChI=1S/C19H16Br2N2OS/c1-3-19(2)22-16(12-4-8-14(20)9-5-12)18(25)23(19)17(24)13-6-10-15(21)11-7-13/h4-11H,3H2,1-2H3/t19-/m1/s1. The van der Waals surface area contributed by atoms with Gasteiger partial charge in [-0.2, -0.15) is 0 Å². The van der Waals surface area contributed by atoms with Crippen LogP contribution in [0.4, 0.5) is 0 Å². The maximum absolute atomic E-state index is 13.1. The van der Waals surface area contributed by atoms with E-state index in [1.54, 1.807) is 17.0 Å². The summed E-state index contributed by atoms with van der Waals surface area (Å²) in [7, 11) is 0. The Labute approximate surface area is 169 Å². The lowest BCUT2D eigenvalue weighted by Gasteiger charge is -2.31.